The highest BCUT2D eigenvalue weighted by molar-refractivity contribution is 5.94. The van der Waals surface area contributed by atoms with Crippen LogP contribution >= 0.6 is 0 Å². The minimum absolute atomic E-state index is 0.0354. The number of aromatic nitrogens is 1. The van der Waals surface area contributed by atoms with Crippen LogP contribution in [0.5, 0.6) is 0 Å². The van der Waals surface area contributed by atoms with Crippen LogP contribution in [-0.2, 0) is 0 Å². The molecule has 108 valence electrons. The number of nitrogens with two attached hydrogens (primary N) is 3. The first-order valence-electron chi connectivity index (χ1n) is 5.95. The molecule has 1 heterocycles. The monoisotopic (exact) mass is 289 g/mol. The lowest BCUT2D eigenvalue weighted by Gasteiger charge is -2.10. The topological polar surface area (TPSA) is 103 Å². The van der Waals surface area contributed by atoms with Crippen LogP contribution < -0.4 is 17.2 Å². The smallest absolute Gasteiger partial charge is 0.191 e. The summed E-state index contributed by atoms with van der Waals surface area (Å²) in [5.74, 6) is -1.55. The van der Waals surface area contributed by atoms with E-state index in [2.05, 4.69) is 9.98 Å². The third-order valence-electron chi connectivity index (χ3n) is 2.69. The van der Waals surface area contributed by atoms with Gasteiger partial charge in [0.2, 0.25) is 0 Å². The van der Waals surface area contributed by atoms with Gasteiger partial charge >= 0.3 is 0 Å². The average Bonchev–Trinajstić information content (AvgIpc) is 2.45. The van der Waals surface area contributed by atoms with Crippen molar-refractivity contribution in [3.05, 3.63) is 65.5 Å². The van der Waals surface area contributed by atoms with Gasteiger partial charge in [-0.3, -0.25) is 4.98 Å². The SMILES string of the molecule is NC(N)=N/C(=C(\N)c1ccncc1F)c1ccccc1F. The molecule has 21 heavy (non-hydrogen) atoms. The van der Waals surface area contributed by atoms with Crippen LogP contribution in [0.4, 0.5) is 8.78 Å². The van der Waals surface area contributed by atoms with Crippen LogP contribution in [-0.4, -0.2) is 10.9 Å². The maximum atomic E-state index is 13.9. The number of nitrogens with zero attached hydrogens (tertiary/aromatic N) is 2. The summed E-state index contributed by atoms with van der Waals surface area (Å²) in [6.07, 6.45) is 2.36. The minimum Gasteiger partial charge on any atom is -0.396 e. The Morgan fingerprint density at radius 3 is 2.29 bits per heavy atom. The number of rotatable bonds is 3. The van der Waals surface area contributed by atoms with E-state index in [0.717, 1.165) is 6.20 Å². The standard InChI is InChI=1S/C14H13F2N5/c15-10-4-2-1-3-9(10)13(21-14(18)19)12(17)8-5-6-20-7-11(8)16/h1-7H,17H2,(H4,18,19,21)/b13-12-. The van der Waals surface area contributed by atoms with Gasteiger partial charge in [0.05, 0.1) is 11.9 Å². The molecule has 0 aliphatic carbocycles. The van der Waals surface area contributed by atoms with E-state index in [1.54, 1.807) is 6.07 Å². The number of guanidine groups is 1. The van der Waals surface area contributed by atoms with Crippen molar-refractivity contribution in [1.29, 1.82) is 0 Å². The summed E-state index contributed by atoms with van der Waals surface area (Å²) in [5, 5.41) is 0. The van der Waals surface area contributed by atoms with Gasteiger partial charge in [-0.15, -0.1) is 0 Å². The Hall–Kier alpha value is -2.96. The molecular weight excluding hydrogens is 276 g/mol. The van der Waals surface area contributed by atoms with Crippen molar-refractivity contribution in [2.75, 3.05) is 0 Å². The van der Waals surface area contributed by atoms with E-state index in [4.69, 9.17) is 17.2 Å². The molecule has 5 nitrogen and oxygen atoms in total. The summed E-state index contributed by atoms with van der Waals surface area (Å²) in [4.78, 5) is 7.45. The number of halogens is 2. The van der Waals surface area contributed by atoms with E-state index in [-0.39, 0.29) is 28.5 Å². The lowest BCUT2D eigenvalue weighted by Crippen LogP contribution is -2.23. The van der Waals surface area contributed by atoms with E-state index >= 15 is 0 Å². The zero-order chi connectivity index (χ0) is 15.4. The van der Waals surface area contributed by atoms with Gasteiger partial charge in [0, 0.05) is 17.3 Å². The molecule has 2 rings (SSSR count). The average molecular weight is 289 g/mol. The van der Waals surface area contributed by atoms with Gasteiger partial charge in [-0.1, -0.05) is 12.1 Å². The van der Waals surface area contributed by atoms with Crippen LogP contribution in [0.2, 0.25) is 0 Å². The highest BCUT2D eigenvalue weighted by atomic mass is 19.1. The van der Waals surface area contributed by atoms with E-state index < -0.39 is 11.6 Å². The molecule has 0 aliphatic rings. The van der Waals surface area contributed by atoms with Crippen molar-refractivity contribution in [3.63, 3.8) is 0 Å². The molecule has 1 aromatic carbocycles. The first-order valence-corrected chi connectivity index (χ1v) is 5.95. The van der Waals surface area contributed by atoms with Gasteiger partial charge in [-0.2, -0.15) is 0 Å². The summed E-state index contributed by atoms with van der Waals surface area (Å²) >= 11 is 0. The van der Waals surface area contributed by atoms with Gasteiger partial charge in [-0.05, 0) is 18.2 Å². The molecular formula is C14H13F2N5. The summed E-state index contributed by atoms with van der Waals surface area (Å²) in [6, 6.07) is 7.14. The van der Waals surface area contributed by atoms with Crippen molar-refractivity contribution in [3.8, 4) is 0 Å². The van der Waals surface area contributed by atoms with Gasteiger partial charge in [0.15, 0.2) is 11.8 Å². The maximum Gasteiger partial charge on any atom is 0.191 e. The van der Waals surface area contributed by atoms with E-state index in [1.807, 2.05) is 0 Å². The van der Waals surface area contributed by atoms with Crippen molar-refractivity contribution in [2.24, 2.45) is 22.2 Å². The molecule has 0 amide bonds. The lowest BCUT2D eigenvalue weighted by atomic mass is 10.1. The molecule has 6 N–H and O–H groups in total. The quantitative estimate of drug-likeness (QED) is 0.587. The Bertz CT molecular complexity index is 721. The number of pyridine rings is 1. The molecule has 1 aromatic heterocycles. The van der Waals surface area contributed by atoms with Gasteiger partial charge in [0.1, 0.15) is 11.5 Å². The number of aliphatic imine (C=N–C) groups is 1. The second-order valence-corrected chi connectivity index (χ2v) is 4.13. The van der Waals surface area contributed by atoms with Gasteiger partial charge in [-0.25, -0.2) is 13.8 Å². The predicted molar refractivity (Wildman–Crippen MR) is 77.4 cm³/mol. The summed E-state index contributed by atoms with van der Waals surface area (Å²) in [5.41, 5.74) is 16.6. The molecule has 0 bridgehead atoms. The normalized spacial score (nSPS) is 11.7. The number of hydrogen-bond acceptors (Lipinski definition) is 3. The Morgan fingerprint density at radius 1 is 0.952 bits per heavy atom. The van der Waals surface area contributed by atoms with Crippen LogP contribution in [0.25, 0.3) is 11.4 Å². The molecule has 0 unspecified atom stereocenters. The molecule has 7 heteroatoms. The third kappa shape index (κ3) is 3.14. The molecule has 0 spiro atoms. The summed E-state index contributed by atoms with van der Waals surface area (Å²) in [6.45, 7) is 0. The van der Waals surface area contributed by atoms with E-state index in [1.165, 1.54) is 30.5 Å². The molecule has 0 atom stereocenters. The van der Waals surface area contributed by atoms with Crippen molar-refractivity contribution in [1.82, 2.24) is 4.98 Å². The van der Waals surface area contributed by atoms with Gasteiger partial charge in [0.25, 0.3) is 0 Å². The molecule has 0 saturated heterocycles. The lowest BCUT2D eigenvalue weighted by molar-refractivity contribution is 0.616. The number of hydrogen-bond donors (Lipinski definition) is 3. The molecule has 0 radical (unpaired) electrons. The van der Waals surface area contributed by atoms with Gasteiger partial charge < -0.3 is 17.2 Å². The first-order chi connectivity index (χ1) is 10.0. The largest absolute Gasteiger partial charge is 0.396 e. The molecule has 0 aliphatic heterocycles. The fourth-order valence-electron chi connectivity index (χ4n) is 1.77. The predicted octanol–water partition coefficient (Wildman–Crippen LogP) is 1.42. The van der Waals surface area contributed by atoms with Crippen LogP contribution in [0.3, 0.4) is 0 Å². The Morgan fingerprint density at radius 2 is 1.67 bits per heavy atom. The maximum absolute atomic E-state index is 13.9. The van der Waals surface area contributed by atoms with E-state index in [0.29, 0.717) is 0 Å². The highest BCUT2D eigenvalue weighted by Gasteiger charge is 2.15. The minimum atomic E-state index is -0.658. The van der Waals surface area contributed by atoms with Crippen molar-refractivity contribution >= 4 is 17.4 Å². The van der Waals surface area contributed by atoms with Crippen LogP contribution in [0.1, 0.15) is 11.1 Å². The fourth-order valence-corrected chi connectivity index (χ4v) is 1.77. The fraction of sp³-hybridized carbons (Fsp3) is 0. The number of benzene rings is 1. The molecule has 0 saturated carbocycles. The Balaban J connectivity index is 2.71. The first kappa shape index (κ1) is 14.4. The highest BCUT2D eigenvalue weighted by Crippen LogP contribution is 2.26. The third-order valence-corrected chi connectivity index (χ3v) is 2.69. The second kappa shape index (κ2) is 6.00. The van der Waals surface area contributed by atoms with Crippen molar-refractivity contribution < 1.29 is 8.78 Å². The second-order valence-electron chi connectivity index (χ2n) is 4.13. The van der Waals surface area contributed by atoms with Crippen LogP contribution in [0, 0.1) is 11.6 Å². The van der Waals surface area contributed by atoms with Crippen molar-refractivity contribution in [2.45, 2.75) is 0 Å². The van der Waals surface area contributed by atoms with Crippen LogP contribution in [0.15, 0.2) is 47.7 Å². The molecule has 2 aromatic rings. The van der Waals surface area contributed by atoms with E-state index in [9.17, 15) is 8.78 Å². The molecule has 0 fully saturated rings. The Kier molecular flexibility index (Phi) is 4.13. The summed E-state index contributed by atoms with van der Waals surface area (Å²) in [7, 11) is 0. The zero-order valence-electron chi connectivity index (χ0n) is 10.9. The zero-order valence-corrected chi connectivity index (χ0v) is 10.9. The summed E-state index contributed by atoms with van der Waals surface area (Å²) < 4.78 is 27.7. The Labute approximate surface area is 119 Å².